The lowest BCUT2D eigenvalue weighted by atomic mass is 10.2. The van der Waals surface area contributed by atoms with Gasteiger partial charge in [-0.25, -0.2) is 4.79 Å². The van der Waals surface area contributed by atoms with Crippen molar-refractivity contribution < 1.29 is 20.1 Å². The van der Waals surface area contributed by atoms with Crippen LogP contribution in [0.5, 0.6) is 5.75 Å². The van der Waals surface area contributed by atoms with Crippen LogP contribution in [0.2, 0.25) is 0 Å². The Bertz CT molecular complexity index is 270. The molecule has 66 valence electrons. The van der Waals surface area contributed by atoms with Crippen LogP contribution in [0.1, 0.15) is 10.4 Å². The quantitative estimate of drug-likeness (QED) is 0.704. The monoisotopic (exact) mass is 170 g/mol. The van der Waals surface area contributed by atoms with E-state index in [2.05, 4.69) is 0 Å². The zero-order valence-corrected chi connectivity index (χ0v) is 6.57. The number of hydrogen-bond donors (Lipinski definition) is 1. The average Bonchev–Trinajstić information content (AvgIpc) is 2.05. The first-order chi connectivity index (χ1) is 5.24. The molecule has 0 heterocycles. The van der Waals surface area contributed by atoms with Crippen LogP contribution in [-0.2, 0) is 0 Å². The summed E-state index contributed by atoms with van der Waals surface area (Å²) in [6.07, 6.45) is 0. The van der Waals surface area contributed by atoms with E-state index in [4.69, 9.17) is 9.84 Å². The summed E-state index contributed by atoms with van der Waals surface area (Å²) in [5.74, 6) is -0.381. The minimum atomic E-state index is -0.941. The number of methoxy groups -OCH3 is 1. The fourth-order valence-corrected chi connectivity index (χ4v) is 0.756. The van der Waals surface area contributed by atoms with Gasteiger partial charge < -0.3 is 15.3 Å². The molecule has 0 atom stereocenters. The molecule has 0 aliphatic carbocycles. The minimum Gasteiger partial charge on any atom is -0.497 e. The van der Waals surface area contributed by atoms with Gasteiger partial charge in [0, 0.05) is 0 Å². The van der Waals surface area contributed by atoms with E-state index in [1.54, 1.807) is 12.1 Å². The van der Waals surface area contributed by atoms with Gasteiger partial charge in [-0.05, 0) is 18.2 Å². The third kappa shape index (κ3) is 2.25. The van der Waals surface area contributed by atoms with Gasteiger partial charge in [-0.3, -0.25) is 0 Å². The predicted molar refractivity (Wildman–Crippen MR) is 43.6 cm³/mol. The van der Waals surface area contributed by atoms with Crippen LogP contribution >= 0.6 is 0 Å². The molecule has 0 fully saturated rings. The summed E-state index contributed by atoms with van der Waals surface area (Å²) in [4.78, 5) is 10.4. The molecule has 0 saturated heterocycles. The van der Waals surface area contributed by atoms with Gasteiger partial charge in [0.2, 0.25) is 0 Å². The fourth-order valence-electron chi connectivity index (χ4n) is 0.756. The summed E-state index contributed by atoms with van der Waals surface area (Å²) in [6.45, 7) is 0. The van der Waals surface area contributed by atoms with Gasteiger partial charge >= 0.3 is 5.97 Å². The molecule has 12 heavy (non-hydrogen) atoms. The second-order valence-corrected chi connectivity index (χ2v) is 2.04. The SMILES string of the molecule is COc1cccc(C(=O)O)c1.O. The first-order valence-electron chi connectivity index (χ1n) is 3.11. The van der Waals surface area contributed by atoms with Crippen molar-refractivity contribution in [1.29, 1.82) is 0 Å². The van der Waals surface area contributed by atoms with Crippen molar-refractivity contribution in [1.82, 2.24) is 0 Å². The average molecular weight is 170 g/mol. The van der Waals surface area contributed by atoms with Crippen molar-refractivity contribution in [3.63, 3.8) is 0 Å². The second-order valence-electron chi connectivity index (χ2n) is 2.04. The van der Waals surface area contributed by atoms with E-state index in [-0.39, 0.29) is 11.0 Å². The maximum Gasteiger partial charge on any atom is 0.335 e. The van der Waals surface area contributed by atoms with Crippen molar-refractivity contribution in [2.75, 3.05) is 7.11 Å². The molecule has 1 aromatic rings. The lowest BCUT2D eigenvalue weighted by Crippen LogP contribution is -1.95. The van der Waals surface area contributed by atoms with Crippen molar-refractivity contribution in [3.05, 3.63) is 29.8 Å². The highest BCUT2D eigenvalue weighted by Gasteiger charge is 2.01. The minimum absolute atomic E-state index is 0. The van der Waals surface area contributed by atoms with Gasteiger partial charge in [0.15, 0.2) is 0 Å². The van der Waals surface area contributed by atoms with Crippen LogP contribution in [-0.4, -0.2) is 23.7 Å². The number of carbonyl (C=O) groups is 1. The van der Waals surface area contributed by atoms with Crippen LogP contribution in [0, 0.1) is 0 Å². The Labute approximate surface area is 69.7 Å². The molecular weight excluding hydrogens is 160 g/mol. The van der Waals surface area contributed by atoms with E-state index in [1.807, 2.05) is 0 Å². The van der Waals surface area contributed by atoms with Gasteiger partial charge in [-0.2, -0.15) is 0 Å². The number of benzene rings is 1. The molecule has 0 aliphatic rings. The zero-order valence-electron chi connectivity index (χ0n) is 6.57. The summed E-state index contributed by atoms with van der Waals surface area (Å²) in [6, 6.07) is 6.34. The third-order valence-corrected chi connectivity index (χ3v) is 1.32. The highest BCUT2D eigenvalue weighted by molar-refractivity contribution is 5.87. The molecule has 0 aliphatic heterocycles. The Morgan fingerprint density at radius 2 is 2.17 bits per heavy atom. The third-order valence-electron chi connectivity index (χ3n) is 1.32. The molecule has 0 unspecified atom stereocenters. The molecule has 0 bridgehead atoms. The Morgan fingerprint density at radius 1 is 1.50 bits per heavy atom. The van der Waals surface area contributed by atoms with Gasteiger partial charge in [-0.15, -0.1) is 0 Å². The van der Waals surface area contributed by atoms with E-state index < -0.39 is 5.97 Å². The van der Waals surface area contributed by atoms with E-state index >= 15 is 0 Å². The molecule has 1 rings (SSSR count). The van der Waals surface area contributed by atoms with Gasteiger partial charge in [0.05, 0.1) is 12.7 Å². The van der Waals surface area contributed by atoms with Crippen molar-refractivity contribution in [3.8, 4) is 5.75 Å². The van der Waals surface area contributed by atoms with Crippen molar-refractivity contribution in [2.45, 2.75) is 0 Å². The topological polar surface area (TPSA) is 78.0 Å². The molecule has 0 amide bonds. The van der Waals surface area contributed by atoms with Crippen molar-refractivity contribution in [2.24, 2.45) is 0 Å². The smallest absolute Gasteiger partial charge is 0.335 e. The van der Waals surface area contributed by atoms with Crippen LogP contribution < -0.4 is 4.74 Å². The Balaban J connectivity index is 0.00000121. The molecule has 0 aromatic heterocycles. The first kappa shape index (κ1) is 10.4. The first-order valence-corrected chi connectivity index (χ1v) is 3.11. The van der Waals surface area contributed by atoms with Crippen LogP contribution in [0.15, 0.2) is 24.3 Å². The largest absolute Gasteiger partial charge is 0.497 e. The maximum absolute atomic E-state index is 10.4. The van der Waals surface area contributed by atoms with Gasteiger partial charge in [0.25, 0.3) is 0 Å². The number of rotatable bonds is 2. The highest BCUT2D eigenvalue weighted by atomic mass is 16.5. The summed E-state index contributed by atoms with van der Waals surface area (Å²) in [5.41, 5.74) is 0.240. The molecule has 3 N–H and O–H groups in total. The van der Waals surface area contributed by atoms with Gasteiger partial charge in [0.1, 0.15) is 5.75 Å². The molecule has 0 radical (unpaired) electrons. The second kappa shape index (κ2) is 4.35. The summed E-state index contributed by atoms with van der Waals surface area (Å²) < 4.78 is 4.84. The number of aromatic carboxylic acids is 1. The van der Waals surface area contributed by atoms with Gasteiger partial charge in [-0.1, -0.05) is 6.07 Å². The Hall–Kier alpha value is -1.55. The number of hydrogen-bond acceptors (Lipinski definition) is 2. The van der Waals surface area contributed by atoms with Crippen LogP contribution in [0.25, 0.3) is 0 Å². The predicted octanol–water partition coefficient (Wildman–Crippen LogP) is 0.569. The van der Waals surface area contributed by atoms with Crippen LogP contribution in [0.4, 0.5) is 0 Å². The molecule has 4 heteroatoms. The van der Waals surface area contributed by atoms with E-state index in [0.717, 1.165) is 0 Å². The Morgan fingerprint density at radius 3 is 2.67 bits per heavy atom. The standard InChI is InChI=1S/C8H8O3.H2O/c1-11-7-4-2-3-6(5-7)8(9)10;/h2-5H,1H3,(H,9,10);1H2. The molecule has 4 nitrogen and oxygen atoms in total. The molecule has 0 saturated carbocycles. The highest BCUT2D eigenvalue weighted by Crippen LogP contribution is 2.11. The fraction of sp³-hybridized carbons (Fsp3) is 0.125. The summed E-state index contributed by atoms with van der Waals surface area (Å²) >= 11 is 0. The Kier molecular flexibility index (Phi) is 3.79. The lowest BCUT2D eigenvalue weighted by Gasteiger charge is -1.98. The van der Waals surface area contributed by atoms with E-state index in [1.165, 1.54) is 19.2 Å². The molecule has 1 aromatic carbocycles. The summed E-state index contributed by atoms with van der Waals surface area (Å²) in [5, 5.41) is 8.55. The number of ether oxygens (including phenoxy) is 1. The number of carboxylic acid groups (broad SMARTS) is 1. The molecular formula is C8H10O4. The van der Waals surface area contributed by atoms with E-state index in [9.17, 15) is 4.79 Å². The normalized spacial score (nSPS) is 8.42. The summed E-state index contributed by atoms with van der Waals surface area (Å²) in [7, 11) is 1.50. The number of carboxylic acids is 1. The van der Waals surface area contributed by atoms with Crippen LogP contribution in [0.3, 0.4) is 0 Å². The zero-order chi connectivity index (χ0) is 8.27. The molecule has 0 spiro atoms. The van der Waals surface area contributed by atoms with E-state index in [0.29, 0.717) is 5.75 Å². The maximum atomic E-state index is 10.4. The van der Waals surface area contributed by atoms with Crippen molar-refractivity contribution >= 4 is 5.97 Å². The lowest BCUT2D eigenvalue weighted by molar-refractivity contribution is 0.0696.